The molecule has 4 atom stereocenters. The summed E-state index contributed by atoms with van der Waals surface area (Å²) in [6.45, 7) is -0.0527. The van der Waals surface area contributed by atoms with Gasteiger partial charge in [-0.15, -0.1) is 0 Å². The van der Waals surface area contributed by atoms with E-state index in [1.165, 1.54) is 18.7 Å². The number of rotatable bonds is 12. The number of aliphatic carboxylic acids is 1. The van der Waals surface area contributed by atoms with Gasteiger partial charge in [0.05, 0.1) is 13.2 Å². The van der Waals surface area contributed by atoms with Crippen LogP contribution < -0.4 is 21.7 Å². The number of thioether (sulfide) groups is 1. The lowest BCUT2D eigenvalue weighted by molar-refractivity contribution is -0.143. The molecule has 0 aliphatic heterocycles. The fourth-order valence-corrected chi connectivity index (χ4v) is 2.20. The van der Waals surface area contributed by atoms with Crippen LogP contribution in [0.2, 0.25) is 0 Å². The first-order valence-corrected chi connectivity index (χ1v) is 9.17. The number of carboxylic acid groups (broad SMARTS) is 1. The van der Waals surface area contributed by atoms with Crippen molar-refractivity contribution in [2.24, 2.45) is 5.73 Å². The molecule has 0 aromatic rings. The Hall–Kier alpha value is -1.89. The summed E-state index contributed by atoms with van der Waals surface area (Å²) >= 11 is 1.44. The van der Waals surface area contributed by atoms with Gasteiger partial charge in [0.2, 0.25) is 17.7 Å². The van der Waals surface area contributed by atoms with Gasteiger partial charge in [-0.1, -0.05) is 0 Å². The summed E-state index contributed by atoms with van der Waals surface area (Å²) in [5, 5.41) is 33.4. The number of aliphatic hydroxyl groups excluding tert-OH is 2. The zero-order valence-electron chi connectivity index (χ0n) is 14.6. The Morgan fingerprint density at radius 2 is 1.54 bits per heavy atom. The van der Waals surface area contributed by atoms with Crippen LogP contribution in [0.15, 0.2) is 0 Å². The fraction of sp³-hybridized carbons (Fsp3) is 0.714. The smallest absolute Gasteiger partial charge is 0.328 e. The summed E-state index contributed by atoms with van der Waals surface area (Å²) in [5.74, 6) is -3.05. The molecule has 0 spiro atoms. The number of hydrogen-bond acceptors (Lipinski definition) is 8. The monoisotopic (exact) mass is 394 g/mol. The van der Waals surface area contributed by atoms with Crippen molar-refractivity contribution in [3.8, 4) is 0 Å². The molecule has 26 heavy (non-hydrogen) atoms. The number of carboxylic acids is 1. The van der Waals surface area contributed by atoms with Gasteiger partial charge in [-0.05, 0) is 25.4 Å². The van der Waals surface area contributed by atoms with Gasteiger partial charge in [-0.2, -0.15) is 11.8 Å². The van der Waals surface area contributed by atoms with E-state index in [1.54, 1.807) is 0 Å². The second-order valence-corrected chi connectivity index (χ2v) is 6.43. The van der Waals surface area contributed by atoms with Crippen LogP contribution >= 0.6 is 11.8 Å². The molecule has 12 heteroatoms. The van der Waals surface area contributed by atoms with Gasteiger partial charge in [0.15, 0.2) is 0 Å². The van der Waals surface area contributed by atoms with Gasteiger partial charge < -0.3 is 37.0 Å². The standard InChI is InChI=1S/C14H26N4O7S/c1-7(11(21)18-10(6-20)14(24)25)16-13(23)9(3-4-26-2)17-12(22)8(15)5-19/h7-10,19-20H,3-6,15H2,1-2H3,(H,16,23)(H,17,22)(H,18,21)(H,24,25). The van der Waals surface area contributed by atoms with E-state index in [-0.39, 0.29) is 6.42 Å². The third-order valence-corrected chi connectivity index (χ3v) is 3.97. The first-order valence-electron chi connectivity index (χ1n) is 7.78. The number of nitrogens with two attached hydrogens (primary N) is 1. The van der Waals surface area contributed by atoms with Gasteiger partial charge >= 0.3 is 5.97 Å². The molecule has 3 amide bonds. The van der Waals surface area contributed by atoms with Gasteiger partial charge in [0, 0.05) is 0 Å². The number of nitrogens with one attached hydrogen (secondary N) is 3. The number of carbonyl (C=O) groups is 4. The average Bonchev–Trinajstić information content (AvgIpc) is 2.61. The molecule has 4 unspecified atom stereocenters. The summed E-state index contributed by atoms with van der Waals surface area (Å²) in [7, 11) is 0. The van der Waals surface area contributed by atoms with Crippen LogP contribution in [0.5, 0.6) is 0 Å². The predicted molar refractivity (Wildman–Crippen MR) is 94.2 cm³/mol. The third kappa shape index (κ3) is 8.47. The minimum absolute atomic E-state index is 0.264. The van der Waals surface area contributed by atoms with E-state index in [1.807, 2.05) is 6.26 Å². The highest BCUT2D eigenvalue weighted by Gasteiger charge is 2.27. The van der Waals surface area contributed by atoms with Crippen molar-refractivity contribution in [2.75, 3.05) is 25.2 Å². The van der Waals surface area contributed by atoms with Crippen molar-refractivity contribution in [1.82, 2.24) is 16.0 Å². The molecule has 0 aliphatic carbocycles. The van der Waals surface area contributed by atoms with E-state index < -0.39 is 61.1 Å². The maximum absolute atomic E-state index is 12.3. The highest BCUT2D eigenvalue weighted by molar-refractivity contribution is 7.98. The number of aliphatic hydroxyl groups is 2. The highest BCUT2D eigenvalue weighted by Crippen LogP contribution is 2.02. The molecule has 0 saturated heterocycles. The molecular formula is C14H26N4O7S. The Morgan fingerprint density at radius 1 is 0.962 bits per heavy atom. The molecule has 0 bridgehead atoms. The number of hydrogen-bond donors (Lipinski definition) is 7. The average molecular weight is 394 g/mol. The predicted octanol–water partition coefficient (Wildman–Crippen LogP) is -3.39. The number of amides is 3. The van der Waals surface area contributed by atoms with E-state index in [4.69, 9.17) is 21.1 Å². The lowest BCUT2D eigenvalue weighted by Gasteiger charge is -2.22. The van der Waals surface area contributed by atoms with Gasteiger partial charge in [0.1, 0.15) is 24.2 Å². The minimum Gasteiger partial charge on any atom is -0.480 e. The molecule has 0 radical (unpaired) electrons. The van der Waals surface area contributed by atoms with Gasteiger partial charge in [0.25, 0.3) is 0 Å². The highest BCUT2D eigenvalue weighted by atomic mass is 32.2. The van der Waals surface area contributed by atoms with E-state index >= 15 is 0 Å². The van der Waals surface area contributed by atoms with Gasteiger partial charge in [-0.3, -0.25) is 14.4 Å². The molecule has 8 N–H and O–H groups in total. The molecule has 0 fully saturated rings. The maximum atomic E-state index is 12.3. The van der Waals surface area contributed by atoms with E-state index in [9.17, 15) is 19.2 Å². The first kappa shape index (κ1) is 24.1. The van der Waals surface area contributed by atoms with E-state index in [2.05, 4.69) is 16.0 Å². The summed E-state index contributed by atoms with van der Waals surface area (Å²) in [6.07, 6.45) is 2.08. The van der Waals surface area contributed by atoms with Crippen LogP contribution in [-0.4, -0.2) is 88.4 Å². The topological polar surface area (TPSA) is 191 Å². The molecule has 11 nitrogen and oxygen atoms in total. The van der Waals surface area contributed by atoms with Crippen molar-refractivity contribution in [2.45, 2.75) is 37.5 Å². The molecule has 0 heterocycles. The SMILES string of the molecule is CSCCC(NC(=O)C(N)CO)C(=O)NC(C)C(=O)NC(CO)C(=O)O. The van der Waals surface area contributed by atoms with E-state index in [0.29, 0.717) is 5.75 Å². The second-order valence-electron chi connectivity index (χ2n) is 5.44. The summed E-state index contributed by atoms with van der Waals surface area (Å²) in [4.78, 5) is 46.8. The van der Waals surface area contributed by atoms with Crippen molar-refractivity contribution in [3.05, 3.63) is 0 Å². The Labute approximate surface area is 155 Å². The summed E-state index contributed by atoms with van der Waals surface area (Å²) in [5.41, 5.74) is 5.40. The Balaban J connectivity index is 4.86. The largest absolute Gasteiger partial charge is 0.480 e. The van der Waals surface area contributed by atoms with Crippen molar-refractivity contribution in [3.63, 3.8) is 0 Å². The van der Waals surface area contributed by atoms with Crippen LogP contribution in [0.3, 0.4) is 0 Å². The Kier molecular flexibility index (Phi) is 11.6. The molecule has 0 saturated carbocycles. The molecule has 0 aromatic heterocycles. The minimum atomic E-state index is -1.49. The lowest BCUT2D eigenvalue weighted by atomic mass is 10.1. The maximum Gasteiger partial charge on any atom is 0.328 e. The summed E-state index contributed by atoms with van der Waals surface area (Å²) in [6, 6.07) is -4.75. The quantitative estimate of drug-likeness (QED) is 0.177. The Morgan fingerprint density at radius 3 is 2.00 bits per heavy atom. The first-order chi connectivity index (χ1) is 12.2. The molecule has 0 aromatic carbocycles. The van der Waals surface area contributed by atoms with Crippen LogP contribution in [0.25, 0.3) is 0 Å². The van der Waals surface area contributed by atoms with Gasteiger partial charge in [-0.25, -0.2) is 4.79 Å². The summed E-state index contributed by atoms with van der Waals surface area (Å²) < 4.78 is 0. The van der Waals surface area contributed by atoms with Crippen LogP contribution in [0.4, 0.5) is 0 Å². The molecular weight excluding hydrogens is 368 g/mol. The van der Waals surface area contributed by atoms with Crippen LogP contribution in [0.1, 0.15) is 13.3 Å². The molecule has 0 rings (SSSR count). The zero-order valence-corrected chi connectivity index (χ0v) is 15.4. The molecule has 0 aliphatic rings. The van der Waals surface area contributed by atoms with Crippen molar-refractivity contribution in [1.29, 1.82) is 0 Å². The third-order valence-electron chi connectivity index (χ3n) is 3.33. The van der Waals surface area contributed by atoms with Crippen LogP contribution in [0, 0.1) is 0 Å². The van der Waals surface area contributed by atoms with Crippen molar-refractivity contribution >= 4 is 35.5 Å². The fourth-order valence-electron chi connectivity index (χ4n) is 1.73. The lowest BCUT2D eigenvalue weighted by Crippen LogP contribution is -2.57. The number of carbonyl (C=O) groups excluding carboxylic acids is 3. The Bertz CT molecular complexity index is 506. The zero-order chi connectivity index (χ0) is 20.3. The normalized spacial score (nSPS) is 15.3. The van der Waals surface area contributed by atoms with E-state index in [0.717, 1.165) is 0 Å². The second kappa shape index (κ2) is 12.5. The van der Waals surface area contributed by atoms with Crippen LogP contribution in [-0.2, 0) is 19.2 Å². The molecule has 150 valence electrons. The van der Waals surface area contributed by atoms with Crippen molar-refractivity contribution < 1.29 is 34.5 Å².